The third kappa shape index (κ3) is 3.19. The summed E-state index contributed by atoms with van der Waals surface area (Å²) in [5.74, 6) is -1.14. The fourth-order valence-electron chi connectivity index (χ4n) is 1.55. The molecular formula is C12H10Cl2N2O3. The number of hydrogen-bond donors (Lipinski definition) is 2. The zero-order valence-corrected chi connectivity index (χ0v) is 11.4. The molecule has 5 nitrogen and oxygen atoms in total. The van der Waals surface area contributed by atoms with Crippen LogP contribution in [0.1, 0.15) is 29.0 Å². The number of nitrogens with one attached hydrogen (secondary N) is 1. The zero-order valence-electron chi connectivity index (χ0n) is 9.85. The number of benzene rings is 1. The van der Waals surface area contributed by atoms with Gasteiger partial charge in [0.15, 0.2) is 5.69 Å². The third-order valence-electron chi connectivity index (χ3n) is 2.49. The van der Waals surface area contributed by atoms with Gasteiger partial charge in [0.2, 0.25) is 0 Å². The molecule has 2 aromatic rings. The molecule has 0 aliphatic rings. The van der Waals surface area contributed by atoms with E-state index in [-0.39, 0.29) is 17.8 Å². The molecule has 1 aromatic carbocycles. The summed E-state index contributed by atoms with van der Waals surface area (Å²) >= 11 is 11.9. The van der Waals surface area contributed by atoms with Gasteiger partial charge in [-0.1, -0.05) is 29.3 Å². The summed E-state index contributed by atoms with van der Waals surface area (Å²) in [6, 6.07) is 5.05. The van der Waals surface area contributed by atoms with Crippen molar-refractivity contribution in [2.45, 2.75) is 13.0 Å². The minimum atomic E-state index is -1.14. The lowest BCUT2D eigenvalue weighted by Gasteiger charge is -2.14. The van der Waals surface area contributed by atoms with Crippen LogP contribution in [0.3, 0.4) is 0 Å². The fourth-order valence-corrected chi connectivity index (χ4v) is 2.13. The van der Waals surface area contributed by atoms with Gasteiger partial charge in [0.1, 0.15) is 6.26 Å². The summed E-state index contributed by atoms with van der Waals surface area (Å²) in [5.41, 5.74) is 0.651. The minimum absolute atomic E-state index is 0.121. The van der Waals surface area contributed by atoms with Gasteiger partial charge in [0.25, 0.3) is 6.01 Å². The van der Waals surface area contributed by atoms with Gasteiger partial charge in [-0.15, -0.1) is 0 Å². The molecule has 0 spiro atoms. The number of carboxylic acids is 1. The predicted octanol–water partition coefficient (Wildman–Crippen LogP) is 3.85. The van der Waals surface area contributed by atoms with Crippen LogP contribution in [0.2, 0.25) is 10.0 Å². The molecule has 19 heavy (non-hydrogen) atoms. The second-order valence-electron chi connectivity index (χ2n) is 3.87. The molecule has 2 rings (SSSR count). The molecule has 0 bridgehead atoms. The summed E-state index contributed by atoms with van der Waals surface area (Å²) in [6.45, 7) is 1.85. The molecule has 2 N–H and O–H groups in total. The summed E-state index contributed by atoms with van der Waals surface area (Å²) in [7, 11) is 0. The van der Waals surface area contributed by atoms with E-state index in [1.165, 1.54) is 0 Å². The van der Waals surface area contributed by atoms with E-state index in [0.717, 1.165) is 11.8 Å². The average Bonchev–Trinajstić information content (AvgIpc) is 2.77. The first kappa shape index (κ1) is 13.7. The van der Waals surface area contributed by atoms with Gasteiger partial charge in [-0.3, -0.25) is 0 Å². The van der Waals surface area contributed by atoms with Crippen molar-refractivity contribution in [1.29, 1.82) is 0 Å². The fraction of sp³-hybridized carbons (Fsp3) is 0.167. The first-order valence-corrected chi connectivity index (χ1v) is 6.13. The van der Waals surface area contributed by atoms with Crippen LogP contribution in [-0.4, -0.2) is 16.1 Å². The Morgan fingerprint density at radius 2 is 2.21 bits per heavy atom. The summed E-state index contributed by atoms with van der Waals surface area (Å²) in [4.78, 5) is 14.5. The quantitative estimate of drug-likeness (QED) is 0.897. The molecule has 0 amide bonds. The van der Waals surface area contributed by atoms with Gasteiger partial charge in [-0.2, -0.15) is 4.98 Å². The lowest BCUT2D eigenvalue weighted by molar-refractivity contribution is 0.0690. The molecule has 0 saturated carbocycles. The number of aromatic carboxylic acids is 1. The maximum atomic E-state index is 10.7. The second kappa shape index (κ2) is 5.50. The molecule has 100 valence electrons. The standard InChI is InChI=1S/C12H10Cl2N2O3/c1-6(8-3-2-7(13)4-9(8)14)15-12-16-10(5-19-12)11(17)18/h2-6H,1H3,(H,15,16)(H,17,18). The van der Waals surface area contributed by atoms with E-state index < -0.39 is 5.97 Å². The number of halogens is 2. The van der Waals surface area contributed by atoms with E-state index in [9.17, 15) is 4.79 Å². The maximum absolute atomic E-state index is 10.7. The molecule has 0 fully saturated rings. The lowest BCUT2D eigenvalue weighted by Crippen LogP contribution is -2.08. The zero-order chi connectivity index (χ0) is 14.0. The number of anilines is 1. The Balaban J connectivity index is 2.15. The van der Waals surface area contributed by atoms with Crippen LogP contribution in [0.25, 0.3) is 0 Å². The van der Waals surface area contributed by atoms with Crippen LogP contribution >= 0.6 is 23.2 Å². The monoisotopic (exact) mass is 300 g/mol. The molecule has 0 saturated heterocycles. The predicted molar refractivity (Wildman–Crippen MR) is 72.0 cm³/mol. The smallest absolute Gasteiger partial charge is 0.357 e. The van der Waals surface area contributed by atoms with Crippen molar-refractivity contribution in [3.63, 3.8) is 0 Å². The number of hydrogen-bond acceptors (Lipinski definition) is 4. The molecular weight excluding hydrogens is 291 g/mol. The number of nitrogens with zero attached hydrogens (tertiary/aromatic N) is 1. The van der Waals surface area contributed by atoms with E-state index in [1.807, 2.05) is 6.92 Å². The van der Waals surface area contributed by atoms with Crippen LogP contribution in [-0.2, 0) is 0 Å². The Bertz CT molecular complexity index is 613. The Kier molecular flexibility index (Phi) is 3.97. The molecule has 0 aliphatic heterocycles. The molecule has 1 unspecified atom stereocenters. The topological polar surface area (TPSA) is 75.4 Å². The average molecular weight is 301 g/mol. The Labute approximate surface area is 119 Å². The van der Waals surface area contributed by atoms with Gasteiger partial charge in [0.05, 0.1) is 6.04 Å². The first-order chi connectivity index (χ1) is 8.97. The molecule has 1 aromatic heterocycles. The Morgan fingerprint density at radius 3 is 2.79 bits per heavy atom. The number of carbonyl (C=O) groups is 1. The molecule has 0 aliphatic carbocycles. The van der Waals surface area contributed by atoms with Crippen molar-refractivity contribution < 1.29 is 14.3 Å². The Hall–Kier alpha value is -1.72. The largest absolute Gasteiger partial charge is 0.476 e. The van der Waals surface area contributed by atoms with Crippen molar-refractivity contribution in [3.8, 4) is 0 Å². The molecule has 7 heteroatoms. The van der Waals surface area contributed by atoms with E-state index in [0.29, 0.717) is 10.0 Å². The molecule has 1 heterocycles. The van der Waals surface area contributed by atoms with Crippen molar-refractivity contribution in [3.05, 3.63) is 45.8 Å². The van der Waals surface area contributed by atoms with Crippen molar-refractivity contribution in [2.24, 2.45) is 0 Å². The summed E-state index contributed by atoms with van der Waals surface area (Å²) < 4.78 is 5.01. The van der Waals surface area contributed by atoms with Gasteiger partial charge in [-0.25, -0.2) is 4.79 Å². The third-order valence-corrected chi connectivity index (χ3v) is 3.05. The molecule has 0 radical (unpaired) electrons. The minimum Gasteiger partial charge on any atom is -0.476 e. The van der Waals surface area contributed by atoms with Crippen molar-refractivity contribution >= 4 is 35.2 Å². The van der Waals surface area contributed by atoms with E-state index in [1.54, 1.807) is 18.2 Å². The second-order valence-corrected chi connectivity index (χ2v) is 4.72. The van der Waals surface area contributed by atoms with Crippen LogP contribution < -0.4 is 5.32 Å². The summed E-state index contributed by atoms with van der Waals surface area (Å²) in [5, 5.41) is 12.7. The van der Waals surface area contributed by atoms with Crippen LogP contribution in [0.4, 0.5) is 6.01 Å². The number of aromatic nitrogens is 1. The van der Waals surface area contributed by atoms with Crippen LogP contribution in [0.5, 0.6) is 0 Å². The number of rotatable bonds is 4. The lowest BCUT2D eigenvalue weighted by atomic mass is 10.1. The van der Waals surface area contributed by atoms with Gasteiger partial charge in [-0.05, 0) is 24.6 Å². The highest BCUT2D eigenvalue weighted by Crippen LogP contribution is 2.28. The van der Waals surface area contributed by atoms with Crippen molar-refractivity contribution in [2.75, 3.05) is 5.32 Å². The summed E-state index contributed by atoms with van der Waals surface area (Å²) in [6.07, 6.45) is 1.07. The normalized spacial score (nSPS) is 12.2. The van der Waals surface area contributed by atoms with Crippen LogP contribution in [0, 0.1) is 0 Å². The SMILES string of the molecule is CC(Nc1nc(C(=O)O)co1)c1ccc(Cl)cc1Cl. The molecule has 1 atom stereocenters. The Morgan fingerprint density at radius 1 is 1.47 bits per heavy atom. The first-order valence-electron chi connectivity index (χ1n) is 5.37. The highest BCUT2D eigenvalue weighted by Gasteiger charge is 2.15. The van der Waals surface area contributed by atoms with Gasteiger partial charge < -0.3 is 14.8 Å². The van der Waals surface area contributed by atoms with E-state index in [2.05, 4.69) is 10.3 Å². The number of carboxylic acid groups (broad SMARTS) is 1. The van der Waals surface area contributed by atoms with E-state index >= 15 is 0 Å². The highest BCUT2D eigenvalue weighted by atomic mass is 35.5. The van der Waals surface area contributed by atoms with E-state index in [4.69, 9.17) is 32.7 Å². The van der Waals surface area contributed by atoms with Gasteiger partial charge in [0, 0.05) is 10.0 Å². The number of oxazole rings is 1. The van der Waals surface area contributed by atoms with Crippen LogP contribution in [0.15, 0.2) is 28.9 Å². The van der Waals surface area contributed by atoms with Gasteiger partial charge >= 0.3 is 5.97 Å². The van der Waals surface area contributed by atoms with Crippen molar-refractivity contribution in [1.82, 2.24) is 4.98 Å². The maximum Gasteiger partial charge on any atom is 0.357 e. The highest BCUT2D eigenvalue weighted by molar-refractivity contribution is 6.35.